The fraction of sp³-hybridized carbons (Fsp3) is 0.556. The molecular weight excluding hydrogens is 446 g/mol. The number of nitrogens with two attached hydrogens (primary N) is 1. The fourth-order valence-corrected chi connectivity index (χ4v) is 2.79. The zero-order valence-corrected chi connectivity index (χ0v) is 22.2. The molecule has 0 spiro atoms. The van der Waals surface area contributed by atoms with Gasteiger partial charge in [0.1, 0.15) is 18.4 Å². The molecule has 0 heterocycles. The lowest BCUT2D eigenvalue weighted by atomic mass is 10.1. The predicted octanol–water partition coefficient (Wildman–Crippen LogP) is 3.78. The van der Waals surface area contributed by atoms with Gasteiger partial charge in [-0.1, -0.05) is 58.0 Å². The van der Waals surface area contributed by atoms with Crippen LogP contribution in [0.4, 0.5) is 0 Å². The van der Waals surface area contributed by atoms with Crippen LogP contribution in [-0.4, -0.2) is 48.8 Å². The van der Waals surface area contributed by atoms with Gasteiger partial charge in [0, 0.05) is 12.5 Å². The number of hydrogen-bond acceptors (Lipinski definition) is 6. The van der Waals surface area contributed by atoms with Crippen LogP contribution in [0, 0.1) is 0 Å². The minimum atomic E-state index is -0.964. The molecule has 1 aromatic carbocycles. The summed E-state index contributed by atoms with van der Waals surface area (Å²) in [5.41, 5.74) is 6.39. The Balaban J connectivity index is 0. The van der Waals surface area contributed by atoms with Crippen LogP contribution in [0.2, 0.25) is 0 Å². The van der Waals surface area contributed by atoms with Gasteiger partial charge >= 0.3 is 5.97 Å². The molecule has 1 rings (SSSR count). The summed E-state index contributed by atoms with van der Waals surface area (Å²) in [6, 6.07) is 7.49. The highest BCUT2D eigenvalue weighted by Gasteiger charge is 2.27. The molecule has 8 nitrogen and oxygen atoms in total. The molecule has 2 atom stereocenters. The summed E-state index contributed by atoms with van der Waals surface area (Å²) >= 11 is 0. The molecule has 0 radical (unpaired) electrons. The Morgan fingerprint density at radius 3 is 2.11 bits per heavy atom. The fourth-order valence-electron chi connectivity index (χ4n) is 2.79. The molecule has 1 unspecified atom stereocenters. The maximum absolute atomic E-state index is 12.8. The normalized spacial score (nSPS) is 11.8. The number of carbonyl (C=O) groups is 4. The van der Waals surface area contributed by atoms with Gasteiger partial charge in [0.2, 0.25) is 11.8 Å². The van der Waals surface area contributed by atoms with Crippen molar-refractivity contribution in [3.63, 3.8) is 0 Å². The summed E-state index contributed by atoms with van der Waals surface area (Å²) in [4.78, 5) is 48.2. The summed E-state index contributed by atoms with van der Waals surface area (Å²) in [6.45, 7) is 11.9. The molecule has 8 heteroatoms. The van der Waals surface area contributed by atoms with Crippen molar-refractivity contribution in [2.24, 2.45) is 5.73 Å². The highest BCUT2D eigenvalue weighted by Crippen LogP contribution is 2.07. The number of unbranched alkanes of at least 4 members (excludes halogenated alkanes) is 1. The van der Waals surface area contributed by atoms with Crippen molar-refractivity contribution >= 4 is 30.1 Å². The summed E-state index contributed by atoms with van der Waals surface area (Å²) in [7, 11) is 0. The Morgan fingerprint density at radius 2 is 1.57 bits per heavy atom. The third-order valence-electron chi connectivity index (χ3n) is 4.33. The van der Waals surface area contributed by atoms with E-state index >= 15 is 0 Å². The number of benzene rings is 1. The lowest BCUT2D eigenvalue weighted by Gasteiger charge is -2.22. The van der Waals surface area contributed by atoms with Gasteiger partial charge in [0.25, 0.3) is 0 Å². The average Bonchev–Trinajstić information content (AvgIpc) is 2.87. The molecule has 0 aromatic heterocycles. The van der Waals surface area contributed by atoms with Crippen LogP contribution in [0.15, 0.2) is 36.4 Å². The number of hydrogen-bond donors (Lipinski definition) is 3. The number of esters is 1. The van der Waals surface area contributed by atoms with Gasteiger partial charge < -0.3 is 25.9 Å². The number of ether oxygens (including phenoxy) is 1. The third kappa shape index (κ3) is 17.1. The van der Waals surface area contributed by atoms with Crippen LogP contribution < -0.4 is 16.4 Å². The maximum Gasteiger partial charge on any atom is 0.328 e. The van der Waals surface area contributed by atoms with Gasteiger partial charge in [0.05, 0.1) is 6.10 Å². The van der Waals surface area contributed by atoms with Gasteiger partial charge in [0.15, 0.2) is 0 Å². The summed E-state index contributed by atoms with van der Waals surface area (Å²) in [5, 5.41) is 5.31. The molecule has 0 saturated carbocycles. The van der Waals surface area contributed by atoms with Gasteiger partial charge in [-0.2, -0.15) is 0 Å². The van der Waals surface area contributed by atoms with Gasteiger partial charge in [-0.3, -0.25) is 9.59 Å². The number of rotatable bonds is 14. The number of amides is 2. The van der Waals surface area contributed by atoms with Crippen LogP contribution in [0.25, 0.3) is 6.08 Å². The molecule has 0 saturated heterocycles. The van der Waals surface area contributed by atoms with Crippen molar-refractivity contribution in [1.29, 1.82) is 0 Å². The third-order valence-corrected chi connectivity index (χ3v) is 4.33. The van der Waals surface area contributed by atoms with Gasteiger partial charge in [-0.05, 0) is 57.7 Å². The molecular formula is C27H45N3O5. The first-order chi connectivity index (χ1) is 16.9. The minimum absolute atomic E-state index is 0.0994. The van der Waals surface area contributed by atoms with Crippen molar-refractivity contribution in [1.82, 2.24) is 10.6 Å². The smallest absolute Gasteiger partial charge is 0.328 e. The highest BCUT2D eigenvalue weighted by molar-refractivity contribution is 5.96. The van der Waals surface area contributed by atoms with E-state index in [1.54, 1.807) is 19.9 Å². The van der Waals surface area contributed by atoms with Crippen molar-refractivity contribution < 1.29 is 23.9 Å². The van der Waals surface area contributed by atoms with E-state index in [9.17, 15) is 19.2 Å². The van der Waals surface area contributed by atoms with Crippen molar-refractivity contribution in [3.05, 3.63) is 42.0 Å². The summed E-state index contributed by atoms with van der Waals surface area (Å²) in [5.74, 6) is -1.54. The molecule has 0 aliphatic heterocycles. The monoisotopic (exact) mass is 491 g/mol. The lowest BCUT2D eigenvalue weighted by molar-refractivity contribution is -0.151. The second kappa shape index (κ2) is 22.8. The molecule has 35 heavy (non-hydrogen) atoms. The second-order valence-corrected chi connectivity index (χ2v) is 7.38. The van der Waals surface area contributed by atoms with Crippen molar-refractivity contribution in [2.45, 2.75) is 91.8 Å². The van der Waals surface area contributed by atoms with Gasteiger partial charge in [-0.15, -0.1) is 0 Å². The standard InChI is InChI=1S/C23H33N3O5.2C2H6/c1-17(2)31-23(30)20(12-8-16-27)26-22(29)19(11-6-7-15-24)25-21(28)14-13-18-9-4-3-5-10-18;2*1-2/h3-5,9-10,13-14,16-17,19-20H,6-8,11-12,15,24H2,1-2H3,(H,25,28)(H,26,29);2*1-2H3/b14-13+;;/t19-,20?;;/m0../s1. The first kappa shape index (κ1) is 34.2. The van der Waals surface area contributed by atoms with E-state index in [2.05, 4.69) is 10.6 Å². The number of carbonyl (C=O) groups excluding carboxylic acids is 4. The highest BCUT2D eigenvalue weighted by atomic mass is 16.5. The Morgan fingerprint density at radius 1 is 0.943 bits per heavy atom. The Labute approximate surface area is 211 Å². The molecule has 2 amide bonds. The van der Waals surface area contributed by atoms with E-state index < -0.39 is 29.9 Å². The SMILES string of the molecule is CC.CC.CC(C)OC(=O)C(CCC=O)NC(=O)[C@H](CCCCN)NC(=O)/C=C/c1ccccc1. The summed E-state index contributed by atoms with van der Waals surface area (Å²) in [6.07, 6.45) is 5.25. The first-order valence-corrected chi connectivity index (χ1v) is 12.6. The van der Waals surface area contributed by atoms with Crippen molar-refractivity contribution in [2.75, 3.05) is 6.54 Å². The molecule has 198 valence electrons. The zero-order chi connectivity index (χ0) is 27.1. The zero-order valence-electron chi connectivity index (χ0n) is 22.2. The average molecular weight is 492 g/mol. The van der Waals surface area contributed by atoms with Crippen LogP contribution >= 0.6 is 0 Å². The van der Waals surface area contributed by atoms with Gasteiger partial charge in [-0.25, -0.2) is 4.79 Å². The van der Waals surface area contributed by atoms with E-state index in [-0.39, 0.29) is 18.9 Å². The molecule has 0 aliphatic rings. The van der Waals surface area contributed by atoms with Crippen LogP contribution in [0.1, 0.15) is 79.2 Å². The van der Waals surface area contributed by atoms with Crippen LogP contribution in [0.5, 0.6) is 0 Å². The maximum atomic E-state index is 12.8. The minimum Gasteiger partial charge on any atom is -0.461 e. The van der Waals surface area contributed by atoms with E-state index in [0.29, 0.717) is 32.1 Å². The number of aldehydes is 1. The molecule has 4 N–H and O–H groups in total. The van der Waals surface area contributed by atoms with E-state index in [4.69, 9.17) is 10.5 Å². The first-order valence-electron chi connectivity index (χ1n) is 12.6. The Hall–Kier alpha value is -3.00. The van der Waals surface area contributed by atoms with Crippen LogP contribution in [0.3, 0.4) is 0 Å². The Kier molecular flexibility index (Phi) is 22.2. The Bertz CT molecular complexity index is 736. The van der Waals surface area contributed by atoms with E-state index in [0.717, 1.165) is 5.56 Å². The topological polar surface area (TPSA) is 128 Å². The molecule has 0 fully saturated rings. The number of nitrogens with one attached hydrogen (secondary N) is 2. The van der Waals surface area contributed by atoms with Crippen LogP contribution in [-0.2, 0) is 23.9 Å². The van der Waals surface area contributed by atoms with Crippen molar-refractivity contribution in [3.8, 4) is 0 Å². The second-order valence-electron chi connectivity index (χ2n) is 7.38. The predicted molar refractivity (Wildman–Crippen MR) is 141 cm³/mol. The molecule has 1 aromatic rings. The summed E-state index contributed by atoms with van der Waals surface area (Å²) < 4.78 is 5.17. The lowest BCUT2D eigenvalue weighted by Crippen LogP contribution is -2.52. The quantitative estimate of drug-likeness (QED) is 0.157. The largest absolute Gasteiger partial charge is 0.461 e. The molecule has 0 bridgehead atoms. The molecule has 0 aliphatic carbocycles. The van der Waals surface area contributed by atoms with E-state index in [1.165, 1.54) is 6.08 Å². The van der Waals surface area contributed by atoms with E-state index in [1.807, 2.05) is 58.0 Å².